The molecule has 0 atom stereocenters. The lowest BCUT2D eigenvalue weighted by Gasteiger charge is -2.21. The van der Waals surface area contributed by atoms with Gasteiger partial charge in [-0.3, -0.25) is 0 Å². The summed E-state index contributed by atoms with van der Waals surface area (Å²) in [6, 6.07) is 24.9. The molecule has 1 aliphatic carbocycles. The van der Waals surface area contributed by atoms with E-state index in [1.165, 1.54) is 30.4 Å². The van der Waals surface area contributed by atoms with Crippen LogP contribution in [0.15, 0.2) is 78.9 Å². The van der Waals surface area contributed by atoms with E-state index >= 15 is 0 Å². The van der Waals surface area contributed by atoms with Crippen molar-refractivity contribution < 1.29 is 19.0 Å². The molecule has 0 N–H and O–H groups in total. The minimum absolute atomic E-state index is 0.325. The van der Waals surface area contributed by atoms with Gasteiger partial charge < -0.3 is 14.2 Å². The summed E-state index contributed by atoms with van der Waals surface area (Å²) in [5.74, 6) is 1.05. The van der Waals surface area contributed by atoms with Gasteiger partial charge in [0.2, 0.25) is 0 Å². The first-order valence-corrected chi connectivity index (χ1v) is 11.5. The highest BCUT2D eigenvalue weighted by molar-refractivity contribution is 5.90. The summed E-state index contributed by atoms with van der Waals surface area (Å²) in [5.41, 5.74) is 3.00. The highest BCUT2D eigenvalue weighted by Gasteiger charge is 2.13. The molecular formula is C28H30O4. The third-order valence-electron chi connectivity index (χ3n) is 5.85. The van der Waals surface area contributed by atoms with Gasteiger partial charge in [0, 0.05) is 0 Å². The van der Waals surface area contributed by atoms with Crippen molar-refractivity contribution in [1.29, 1.82) is 0 Å². The predicted octanol–water partition coefficient (Wildman–Crippen LogP) is 6.38. The van der Waals surface area contributed by atoms with E-state index in [1.54, 1.807) is 12.1 Å². The number of benzene rings is 3. The summed E-state index contributed by atoms with van der Waals surface area (Å²) in [7, 11) is 0. The van der Waals surface area contributed by atoms with Gasteiger partial charge in [0.1, 0.15) is 11.5 Å². The molecule has 3 aromatic carbocycles. The van der Waals surface area contributed by atoms with Gasteiger partial charge in [-0.25, -0.2) is 4.79 Å². The summed E-state index contributed by atoms with van der Waals surface area (Å²) in [4.78, 5) is 12.1. The molecule has 0 unspecified atom stereocenters. The van der Waals surface area contributed by atoms with Gasteiger partial charge in [-0.1, -0.05) is 61.7 Å². The lowest BCUT2D eigenvalue weighted by molar-refractivity contribution is -0.0497. The lowest BCUT2D eigenvalue weighted by Crippen LogP contribution is -2.19. The number of hydrogen-bond donors (Lipinski definition) is 0. The maximum Gasteiger partial charge on any atom is 0.343 e. The van der Waals surface area contributed by atoms with E-state index in [1.807, 2.05) is 54.6 Å². The van der Waals surface area contributed by atoms with Gasteiger partial charge in [-0.2, -0.15) is 0 Å². The fourth-order valence-corrected chi connectivity index (χ4v) is 3.94. The van der Waals surface area contributed by atoms with Crippen LogP contribution in [0.1, 0.15) is 53.6 Å². The normalized spacial score (nSPS) is 14.1. The van der Waals surface area contributed by atoms with Crippen molar-refractivity contribution in [1.82, 2.24) is 0 Å². The fraction of sp³-hybridized carbons (Fsp3) is 0.321. The zero-order valence-corrected chi connectivity index (χ0v) is 18.4. The monoisotopic (exact) mass is 430 g/mol. The first-order valence-electron chi connectivity index (χ1n) is 11.5. The van der Waals surface area contributed by atoms with E-state index in [0.717, 1.165) is 31.4 Å². The molecule has 3 aromatic rings. The van der Waals surface area contributed by atoms with Gasteiger partial charge in [-0.15, -0.1) is 0 Å². The third kappa shape index (κ3) is 6.69. The number of aryl methyl sites for hydroxylation is 2. The van der Waals surface area contributed by atoms with Crippen LogP contribution in [0.25, 0.3) is 0 Å². The van der Waals surface area contributed by atoms with Gasteiger partial charge in [0.25, 0.3) is 0 Å². The summed E-state index contributed by atoms with van der Waals surface area (Å²) < 4.78 is 17.0. The molecule has 0 aromatic heterocycles. The summed E-state index contributed by atoms with van der Waals surface area (Å²) in [6.45, 7) is 0.325. The summed E-state index contributed by atoms with van der Waals surface area (Å²) >= 11 is 0. The van der Waals surface area contributed by atoms with Gasteiger partial charge in [0.15, 0.2) is 6.79 Å². The quantitative estimate of drug-likeness (QED) is 0.225. The van der Waals surface area contributed by atoms with Gasteiger partial charge in [-0.05, 0) is 73.2 Å². The molecular weight excluding hydrogens is 400 g/mol. The van der Waals surface area contributed by atoms with Crippen molar-refractivity contribution in [2.75, 3.05) is 6.79 Å². The van der Waals surface area contributed by atoms with Crippen molar-refractivity contribution in [3.63, 3.8) is 0 Å². The zero-order chi connectivity index (χ0) is 22.0. The van der Waals surface area contributed by atoms with Crippen LogP contribution in [0.4, 0.5) is 0 Å². The Kier molecular flexibility index (Phi) is 7.94. The Labute approximate surface area is 190 Å². The predicted molar refractivity (Wildman–Crippen MR) is 125 cm³/mol. The van der Waals surface area contributed by atoms with Crippen LogP contribution in [0.5, 0.6) is 11.5 Å². The Hall–Kier alpha value is -3.11. The van der Waals surface area contributed by atoms with Crippen molar-refractivity contribution >= 4 is 5.97 Å². The van der Waals surface area contributed by atoms with E-state index in [-0.39, 0.29) is 5.97 Å². The van der Waals surface area contributed by atoms with E-state index in [0.29, 0.717) is 24.2 Å². The number of rotatable bonds is 9. The van der Waals surface area contributed by atoms with Crippen LogP contribution < -0.4 is 9.47 Å². The molecule has 0 saturated heterocycles. The smallest absolute Gasteiger partial charge is 0.343 e. The minimum atomic E-state index is -0.343. The molecule has 4 rings (SSSR count). The van der Waals surface area contributed by atoms with Crippen LogP contribution in [0.2, 0.25) is 0 Å². The molecule has 32 heavy (non-hydrogen) atoms. The second kappa shape index (κ2) is 11.5. The van der Waals surface area contributed by atoms with E-state index in [9.17, 15) is 4.79 Å². The molecule has 0 heterocycles. The number of esters is 1. The molecule has 0 spiro atoms. The van der Waals surface area contributed by atoms with Crippen LogP contribution in [-0.2, 0) is 17.6 Å². The Balaban J connectivity index is 1.20. The largest absolute Gasteiger partial charge is 0.468 e. The second-order valence-electron chi connectivity index (χ2n) is 8.23. The average Bonchev–Trinajstić information content (AvgIpc) is 2.85. The van der Waals surface area contributed by atoms with E-state index < -0.39 is 0 Å². The summed E-state index contributed by atoms with van der Waals surface area (Å²) in [6.07, 6.45) is 8.36. The summed E-state index contributed by atoms with van der Waals surface area (Å²) in [5, 5.41) is 0. The highest BCUT2D eigenvalue weighted by Crippen LogP contribution is 2.21. The van der Waals surface area contributed by atoms with Crippen LogP contribution >= 0.6 is 0 Å². The maximum absolute atomic E-state index is 12.1. The lowest BCUT2D eigenvalue weighted by atomic mass is 9.98. The van der Waals surface area contributed by atoms with Crippen molar-refractivity contribution in [2.24, 2.45) is 0 Å². The molecule has 0 aliphatic heterocycles. The maximum atomic E-state index is 12.1. The number of ether oxygens (including phenoxy) is 3. The van der Waals surface area contributed by atoms with Gasteiger partial charge >= 0.3 is 5.97 Å². The molecule has 4 nitrogen and oxygen atoms in total. The topological polar surface area (TPSA) is 44.8 Å². The Morgan fingerprint density at radius 3 is 1.94 bits per heavy atom. The number of hydrogen-bond acceptors (Lipinski definition) is 4. The van der Waals surface area contributed by atoms with Crippen LogP contribution in [-0.4, -0.2) is 18.9 Å². The molecule has 1 saturated carbocycles. The molecule has 0 bridgehead atoms. The van der Waals surface area contributed by atoms with Crippen LogP contribution in [0, 0.1) is 0 Å². The van der Waals surface area contributed by atoms with Crippen molar-refractivity contribution in [2.45, 2.75) is 51.0 Å². The SMILES string of the molecule is O=C(Oc1ccc(CCc2ccc(OCOC3CCCCC3)cc2)cc1)c1ccccc1. The zero-order valence-electron chi connectivity index (χ0n) is 18.4. The molecule has 1 fully saturated rings. The van der Waals surface area contributed by atoms with Gasteiger partial charge in [0.05, 0.1) is 11.7 Å². The molecule has 0 amide bonds. The first-order chi connectivity index (χ1) is 15.8. The van der Waals surface area contributed by atoms with E-state index in [4.69, 9.17) is 14.2 Å². The standard InChI is InChI=1S/C28H30O4/c29-28(24-7-3-1-4-8-24)32-27-19-15-23(16-20-27)12-11-22-13-17-26(18-14-22)31-21-30-25-9-5-2-6-10-25/h1,3-4,7-8,13-20,25H,2,5-6,9-12,21H2. The molecule has 1 aliphatic rings. The van der Waals surface area contributed by atoms with Crippen molar-refractivity contribution in [3.8, 4) is 11.5 Å². The second-order valence-corrected chi connectivity index (χ2v) is 8.23. The molecule has 0 radical (unpaired) electrons. The molecule has 4 heteroatoms. The Morgan fingerprint density at radius 1 is 0.719 bits per heavy atom. The number of carbonyl (C=O) groups is 1. The highest BCUT2D eigenvalue weighted by atomic mass is 16.7. The number of carbonyl (C=O) groups excluding carboxylic acids is 1. The van der Waals surface area contributed by atoms with E-state index in [2.05, 4.69) is 12.1 Å². The fourth-order valence-electron chi connectivity index (χ4n) is 3.94. The van der Waals surface area contributed by atoms with Crippen LogP contribution in [0.3, 0.4) is 0 Å². The minimum Gasteiger partial charge on any atom is -0.468 e. The molecule has 166 valence electrons. The first kappa shape index (κ1) is 22.1. The van der Waals surface area contributed by atoms with Crippen molar-refractivity contribution in [3.05, 3.63) is 95.6 Å². The third-order valence-corrected chi connectivity index (χ3v) is 5.85. The Morgan fingerprint density at radius 2 is 1.31 bits per heavy atom. The average molecular weight is 431 g/mol. The Bertz CT molecular complexity index is 959.